The number of carbonyl (C=O) groups is 2. The molecule has 1 N–H and O–H groups in total. The molecule has 27 heavy (non-hydrogen) atoms. The van der Waals surface area contributed by atoms with Crippen molar-refractivity contribution in [2.75, 3.05) is 11.8 Å². The first-order chi connectivity index (χ1) is 12.7. The van der Waals surface area contributed by atoms with Crippen LogP contribution in [0.2, 0.25) is 0 Å². The van der Waals surface area contributed by atoms with E-state index in [-0.39, 0.29) is 16.6 Å². The molecular weight excluding hydrogens is 380 g/mol. The van der Waals surface area contributed by atoms with Crippen LogP contribution in [0, 0.1) is 17.6 Å². The van der Waals surface area contributed by atoms with E-state index in [0.717, 1.165) is 20.0 Å². The zero-order valence-corrected chi connectivity index (χ0v) is 15.0. The molecule has 3 rings (SSSR count). The second-order valence-electron chi connectivity index (χ2n) is 6.07. The Kier molecular flexibility index (Phi) is 4.97. The summed E-state index contributed by atoms with van der Waals surface area (Å²) in [6.07, 6.45) is 1.65. The molecule has 0 bridgehead atoms. The Hall–Kier alpha value is -2.81. The number of nitrogens with one attached hydrogen (secondary N) is 1. The predicted molar refractivity (Wildman–Crippen MR) is 92.0 cm³/mol. The van der Waals surface area contributed by atoms with E-state index in [1.54, 1.807) is 0 Å². The van der Waals surface area contributed by atoms with Gasteiger partial charge in [0.2, 0.25) is 0 Å². The Balaban J connectivity index is 1.85. The number of Topliss-reactive ketones (excluding diaryl/α,β-unsaturated/α-hetero) is 1. The number of esters is 1. The van der Waals surface area contributed by atoms with Crippen molar-refractivity contribution in [2.24, 2.45) is 5.92 Å². The maximum absolute atomic E-state index is 14.1. The molecule has 0 amide bonds. The molecule has 1 fully saturated rings. The molecule has 0 aromatic heterocycles. The van der Waals surface area contributed by atoms with Gasteiger partial charge in [0.1, 0.15) is 11.6 Å². The number of hydrogen-bond donors (Lipinski definition) is 1. The lowest BCUT2D eigenvalue weighted by molar-refractivity contribution is 0.0594. The summed E-state index contributed by atoms with van der Waals surface area (Å²) in [6.45, 7) is 0. The largest absolute Gasteiger partial charge is 0.465 e. The van der Waals surface area contributed by atoms with E-state index in [4.69, 9.17) is 0 Å². The second-order valence-corrected chi connectivity index (χ2v) is 7.75. The van der Waals surface area contributed by atoms with Gasteiger partial charge in [-0.1, -0.05) is 12.1 Å². The van der Waals surface area contributed by atoms with Gasteiger partial charge in [0, 0.05) is 17.5 Å². The van der Waals surface area contributed by atoms with Crippen molar-refractivity contribution < 1.29 is 31.5 Å². The normalized spacial score (nSPS) is 13.9. The molecule has 0 aliphatic heterocycles. The standard InChI is InChI=1S/C18H15F2NO5S/c1-26-18(23)13-8-15(20)16(9-14(13)19)21-27(24,25)12-6-4-11(5-7-12)17(22)10-2-3-10/h4-10,21H,2-3H2,1H3. The number of rotatable bonds is 6. The quantitative estimate of drug-likeness (QED) is 0.600. The van der Waals surface area contributed by atoms with Crippen LogP contribution in [0.5, 0.6) is 0 Å². The number of anilines is 1. The number of sulfonamides is 1. The zero-order chi connectivity index (χ0) is 19.8. The summed E-state index contributed by atoms with van der Waals surface area (Å²) in [7, 11) is -3.21. The number of ether oxygens (including phenoxy) is 1. The molecule has 6 nitrogen and oxygen atoms in total. The van der Waals surface area contributed by atoms with E-state index in [0.29, 0.717) is 17.7 Å². The molecule has 0 heterocycles. The van der Waals surface area contributed by atoms with Crippen LogP contribution in [-0.4, -0.2) is 27.3 Å². The molecule has 1 saturated carbocycles. The van der Waals surface area contributed by atoms with Crippen LogP contribution in [0.3, 0.4) is 0 Å². The van der Waals surface area contributed by atoms with E-state index in [1.165, 1.54) is 24.3 Å². The number of ketones is 1. The summed E-state index contributed by atoms with van der Waals surface area (Å²) >= 11 is 0. The van der Waals surface area contributed by atoms with Crippen LogP contribution in [0.4, 0.5) is 14.5 Å². The van der Waals surface area contributed by atoms with Gasteiger partial charge in [0.05, 0.1) is 23.3 Å². The highest BCUT2D eigenvalue weighted by Crippen LogP contribution is 2.33. The van der Waals surface area contributed by atoms with E-state index < -0.39 is 38.9 Å². The minimum absolute atomic E-state index is 0.00372. The van der Waals surface area contributed by atoms with Crippen molar-refractivity contribution in [3.05, 3.63) is 59.2 Å². The highest BCUT2D eigenvalue weighted by molar-refractivity contribution is 7.92. The number of hydrogen-bond acceptors (Lipinski definition) is 5. The number of benzene rings is 2. The Morgan fingerprint density at radius 3 is 2.26 bits per heavy atom. The maximum atomic E-state index is 14.1. The van der Waals surface area contributed by atoms with Gasteiger partial charge in [-0.3, -0.25) is 9.52 Å². The van der Waals surface area contributed by atoms with Gasteiger partial charge in [-0.05, 0) is 31.0 Å². The second kappa shape index (κ2) is 7.07. The van der Waals surface area contributed by atoms with Gasteiger partial charge in [0.15, 0.2) is 5.78 Å². The van der Waals surface area contributed by atoms with Crippen LogP contribution in [0.1, 0.15) is 33.6 Å². The summed E-state index contributed by atoms with van der Waals surface area (Å²) in [5.74, 6) is -3.40. The van der Waals surface area contributed by atoms with Crippen molar-refractivity contribution in [1.82, 2.24) is 0 Å². The minimum Gasteiger partial charge on any atom is -0.465 e. The van der Waals surface area contributed by atoms with E-state index in [9.17, 15) is 26.8 Å². The first-order valence-corrected chi connectivity index (χ1v) is 9.45. The molecule has 2 aromatic carbocycles. The average molecular weight is 395 g/mol. The topological polar surface area (TPSA) is 89.5 Å². The summed E-state index contributed by atoms with van der Waals surface area (Å²) in [5.41, 5.74) is -0.907. The Labute approximate surface area is 154 Å². The van der Waals surface area contributed by atoms with Crippen LogP contribution in [0.25, 0.3) is 0 Å². The smallest absolute Gasteiger partial charge is 0.340 e. The van der Waals surface area contributed by atoms with Crippen molar-refractivity contribution >= 4 is 27.5 Å². The number of halogens is 2. The van der Waals surface area contributed by atoms with Gasteiger partial charge in [-0.15, -0.1) is 0 Å². The lowest BCUT2D eigenvalue weighted by Gasteiger charge is -2.11. The summed E-state index contributed by atoms with van der Waals surface area (Å²) in [4.78, 5) is 23.1. The van der Waals surface area contributed by atoms with Crippen LogP contribution >= 0.6 is 0 Å². The van der Waals surface area contributed by atoms with Crippen LogP contribution in [0.15, 0.2) is 41.3 Å². The van der Waals surface area contributed by atoms with Gasteiger partial charge in [-0.2, -0.15) is 0 Å². The van der Waals surface area contributed by atoms with Gasteiger partial charge >= 0.3 is 5.97 Å². The molecular formula is C18H15F2NO5S. The zero-order valence-electron chi connectivity index (χ0n) is 14.2. The Bertz CT molecular complexity index is 1010. The van der Waals surface area contributed by atoms with Crippen molar-refractivity contribution in [1.29, 1.82) is 0 Å². The van der Waals surface area contributed by atoms with E-state index >= 15 is 0 Å². The molecule has 0 atom stereocenters. The molecule has 1 aliphatic rings. The van der Waals surface area contributed by atoms with E-state index in [1.807, 2.05) is 4.72 Å². The Morgan fingerprint density at radius 2 is 1.70 bits per heavy atom. The average Bonchev–Trinajstić information content (AvgIpc) is 3.48. The Morgan fingerprint density at radius 1 is 1.07 bits per heavy atom. The number of carbonyl (C=O) groups excluding carboxylic acids is 2. The summed E-state index contributed by atoms with van der Waals surface area (Å²) in [5, 5.41) is 0. The lowest BCUT2D eigenvalue weighted by Crippen LogP contribution is -2.15. The van der Waals surface area contributed by atoms with Gasteiger partial charge in [0.25, 0.3) is 10.0 Å². The van der Waals surface area contributed by atoms with Gasteiger partial charge < -0.3 is 4.74 Å². The molecule has 142 valence electrons. The SMILES string of the molecule is COC(=O)c1cc(F)c(NS(=O)(=O)c2ccc(C(=O)C3CC3)cc2)cc1F. The third kappa shape index (κ3) is 3.97. The predicted octanol–water partition coefficient (Wildman–Crippen LogP) is 3.14. The molecule has 2 aromatic rings. The lowest BCUT2D eigenvalue weighted by atomic mass is 10.1. The number of methoxy groups -OCH3 is 1. The third-order valence-corrected chi connectivity index (χ3v) is 5.49. The van der Waals surface area contributed by atoms with Crippen molar-refractivity contribution in [2.45, 2.75) is 17.7 Å². The van der Waals surface area contributed by atoms with E-state index in [2.05, 4.69) is 4.74 Å². The fraction of sp³-hybridized carbons (Fsp3) is 0.222. The third-order valence-electron chi connectivity index (χ3n) is 4.10. The summed E-state index contributed by atoms with van der Waals surface area (Å²) in [6, 6.07) is 6.31. The molecule has 0 saturated heterocycles. The highest BCUT2D eigenvalue weighted by atomic mass is 32.2. The molecule has 0 unspecified atom stereocenters. The van der Waals surface area contributed by atoms with Crippen LogP contribution in [-0.2, 0) is 14.8 Å². The maximum Gasteiger partial charge on any atom is 0.340 e. The molecule has 0 spiro atoms. The minimum atomic E-state index is -4.22. The van der Waals surface area contributed by atoms with Crippen LogP contribution < -0.4 is 4.72 Å². The molecule has 0 radical (unpaired) electrons. The molecule has 1 aliphatic carbocycles. The first kappa shape index (κ1) is 19.0. The monoisotopic (exact) mass is 395 g/mol. The fourth-order valence-corrected chi connectivity index (χ4v) is 3.53. The highest BCUT2D eigenvalue weighted by Gasteiger charge is 2.30. The molecule has 9 heteroatoms. The van der Waals surface area contributed by atoms with Gasteiger partial charge in [-0.25, -0.2) is 22.0 Å². The van der Waals surface area contributed by atoms with Crippen molar-refractivity contribution in [3.63, 3.8) is 0 Å². The van der Waals surface area contributed by atoms with Crippen molar-refractivity contribution in [3.8, 4) is 0 Å². The first-order valence-electron chi connectivity index (χ1n) is 7.97. The fourth-order valence-electron chi connectivity index (χ4n) is 2.47. The summed E-state index contributed by atoms with van der Waals surface area (Å²) < 4.78 is 59.1.